The molecule has 1 aromatic rings. The highest BCUT2D eigenvalue weighted by molar-refractivity contribution is 7.89. The maximum absolute atomic E-state index is 12.4. The first kappa shape index (κ1) is 17.4. The van der Waals surface area contributed by atoms with Crippen molar-refractivity contribution in [1.29, 1.82) is 0 Å². The van der Waals surface area contributed by atoms with Crippen LogP contribution < -0.4 is 10.0 Å². The smallest absolute Gasteiger partial charge is 0.240 e. The van der Waals surface area contributed by atoms with E-state index in [0.29, 0.717) is 13.1 Å². The molecule has 0 bridgehead atoms. The van der Waals surface area contributed by atoms with Gasteiger partial charge in [0, 0.05) is 32.7 Å². The number of hydrogen-bond acceptors (Lipinski definition) is 4. The number of benzene rings is 1. The molecule has 0 radical (unpaired) electrons. The second kappa shape index (κ2) is 7.21. The van der Waals surface area contributed by atoms with E-state index >= 15 is 0 Å². The van der Waals surface area contributed by atoms with Gasteiger partial charge in [-0.2, -0.15) is 0 Å². The molecule has 1 amide bonds. The molecule has 2 heterocycles. The third-order valence-electron chi connectivity index (χ3n) is 4.85. The minimum Gasteiger partial charge on any atom is -0.342 e. The lowest BCUT2D eigenvalue weighted by Gasteiger charge is -2.37. The van der Waals surface area contributed by atoms with Gasteiger partial charge in [-0.1, -0.05) is 17.7 Å². The van der Waals surface area contributed by atoms with Crippen LogP contribution in [0.5, 0.6) is 0 Å². The van der Waals surface area contributed by atoms with Gasteiger partial charge < -0.3 is 10.2 Å². The largest absolute Gasteiger partial charge is 0.342 e. The fourth-order valence-corrected chi connectivity index (χ4v) is 4.30. The number of nitrogens with zero attached hydrogens (tertiary/aromatic N) is 1. The van der Waals surface area contributed by atoms with Crippen molar-refractivity contribution in [2.24, 2.45) is 11.8 Å². The number of hydrogen-bond donors (Lipinski definition) is 2. The summed E-state index contributed by atoms with van der Waals surface area (Å²) in [5.41, 5.74) is 1.03. The number of piperidine rings is 1. The Balaban J connectivity index is 1.55. The minimum absolute atomic E-state index is 0.105. The lowest BCUT2D eigenvalue weighted by atomic mass is 9.95. The van der Waals surface area contributed by atoms with E-state index in [1.807, 2.05) is 11.8 Å². The van der Waals surface area contributed by atoms with E-state index in [-0.39, 0.29) is 22.6 Å². The lowest BCUT2D eigenvalue weighted by molar-refractivity contribution is -0.138. The number of carbonyl (C=O) groups is 1. The average Bonchev–Trinajstić information content (AvgIpc) is 2.52. The van der Waals surface area contributed by atoms with Crippen LogP contribution in [0.25, 0.3) is 0 Å². The molecule has 24 heavy (non-hydrogen) atoms. The van der Waals surface area contributed by atoms with Gasteiger partial charge in [0.1, 0.15) is 0 Å². The number of aryl methyl sites for hydroxylation is 1. The van der Waals surface area contributed by atoms with Crippen molar-refractivity contribution >= 4 is 15.9 Å². The second-order valence-corrected chi connectivity index (χ2v) is 8.58. The van der Waals surface area contributed by atoms with Crippen LogP contribution in [0.2, 0.25) is 0 Å². The number of rotatable bonds is 5. The van der Waals surface area contributed by atoms with E-state index in [0.717, 1.165) is 38.0 Å². The zero-order chi connectivity index (χ0) is 17.2. The Bertz CT molecular complexity index is 684. The van der Waals surface area contributed by atoms with Crippen molar-refractivity contribution in [3.63, 3.8) is 0 Å². The Morgan fingerprint density at radius 3 is 2.62 bits per heavy atom. The van der Waals surface area contributed by atoms with Crippen LogP contribution in [0.1, 0.15) is 18.4 Å². The van der Waals surface area contributed by atoms with Gasteiger partial charge in [-0.05, 0) is 37.8 Å². The van der Waals surface area contributed by atoms with Crippen LogP contribution in [0.3, 0.4) is 0 Å². The van der Waals surface area contributed by atoms with Gasteiger partial charge in [-0.25, -0.2) is 13.1 Å². The summed E-state index contributed by atoms with van der Waals surface area (Å²) in [4.78, 5) is 14.5. The third kappa shape index (κ3) is 3.96. The molecule has 2 aliphatic rings. The average molecular weight is 351 g/mol. The molecule has 132 valence electrons. The summed E-state index contributed by atoms with van der Waals surface area (Å²) < 4.78 is 27.4. The standard InChI is InChI=1S/C17H25N3O3S/c1-13-4-6-16(7-5-13)24(22,23)19-9-14-3-2-8-20(12-14)17(21)15-10-18-11-15/h4-7,14-15,18-19H,2-3,8-12H2,1H3. The molecular formula is C17H25N3O3S. The van der Waals surface area contributed by atoms with Gasteiger partial charge in [0.15, 0.2) is 0 Å². The summed E-state index contributed by atoms with van der Waals surface area (Å²) in [6.07, 6.45) is 1.88. The van der Waals surface area contributed by atoms with Gasteiger partial charge >= 0.3 is 0 Å². The molecule has 1 atom stereocenters. The van der Waals surface area contributed by atoms with E-state index in [2.05, 4.69) is 10.0 Å². The Morgan fingerprint density at radius 1 is 1.29 bits per heavy atom. The molecule has 6 nitrogen and oxygen atoms in total. The zero-order valence-corrected chi connectivity index (χ0v) is 14.8. The summed E-state index contributed by atoms with van der Waals surface area (Å²) in [5.74, 6) is 0.490. The van der Waals surface area contributed by atoms with Crippen molar-refractivity contribution in [1.82, 2.24) is 14.9 Å². The molecular weight excluding hydrogens is 326 g/mol. The highest BCUT2D eigenvalue weighted by atomic mass is 32.2. The van der Waals surface area contributed by atoms with Crippen LogP contribution >= 0.6 is 0 Å². The fourth-order valence-electron chi connectivity index (χ4n) is 3.18. The Labute approximate surface area is 143 Å². The summed E-state index contributed by atoms with van der Waals surface area (Å²) in [5, 5.41) is 3.12. The molecule has 7 heteroatoms. The van der Waals surface area contributed by atoms with E-state index < -0.39 is 10.0 Å². The van der Waals surface area contributed by atoms with E-state index in [9.17, 15) is 13.2 Å². The van der Waals surface area contributed by atoms with Crippen molar-refractivity contribution in [3.05, 3.63) is 29.8 Å². The predicted molar refractivity (Wildman–Crippen MR) is 92.0 cm³/mol. The van der Waals surface area contributed by atoms with Crippen LogP contribution in [0.4, 0.5) is 0 Å². The Morgan fingerprint density at radius 2 is 2.00 bits per heavy atom. The first-order valence-corrected chi connectivity index (χ1v) is 10.00. The van der Waals surface area contributed by atoms with Crippen LogP contribution in [-0.4, -0.2) is 51.9 Å². The molecule has 0 saturated carbocycles. The minimum atomic E-state index is -3.49. The predicted octanol–water partition coefficient (Wildman–Crippen LogP) is 0.731. The monoisotopic (exact) mass is 351 g/mol. The number of carbonyl (C=O) groups excluding carboxylic acids is 1. The maximum Gasteiger partial charge on any atom is 0.240 e. The molecule has 0 aromatic heterocycles. The normalized spacial score (nSPS) is 22.2. The highest BCUT2D eigenvalue weighted by Gasteiger charge is 2.32. The number of likely N-dealkylation sites (tertiary alicyclic amines) is 1. The van der Waals surface area contributed by atoms with Gasteiger partial charge in [-0.15, -0.1) is 0 Å². The molecule has 2 N–H and O–H groups in total. The molecule has 1 unspecified atom stereocenters. The highest BCUT2D eigenvalue weighted by Crippen LogP contribution is 2.20. The van der Waals surface area contributed by atoms with Crippen molar-refractivity contribution in [2.75, 3.05) is 32.7 Å². The van der Waals surface area contributed by atoms with E-state index in [1.54, 1.807) is 24.3 Å². The van der Waals surface area contributed by atoms with Crippen molar-refractivity contribution in [3.8, 4) is 0 Å². The van der Waals surface area contributed by atoms with Crippen LogP contribution in [-0.2, 0) is 14.8 Å². The third-order valence-corrected chi connectivity index (χ3v) is 6.29. The Kier molecular flexibility index (Phi) is 5.22. The lowest BCUT2D eigenvalue weighted by Crippen LogP contribution is -2.54. The molecule has 3 rings (SSSR count). The van der Waals surface area contributed by atoms with Crippen LogP contribution in [0.15, 0.2) is 29.2 Å². The number of amides is 1. The zero-order valence-electron chi connectivity index (χ0n) is 14.0. The molecule has 1 aromatic carbocycles. The van der Waals surface area contributed by atoms with Gasteiger partial charge in [0.2, 0.25) is 15.9 Å². The summed E-state index contributed by atoms with van der Waals surface area (Å²) in [6.45, 7) is 5.26. The molecule has 2 aliphatic heterocycles. The van der Waals surface area contributed by atoms with Crippen molar-refractivity contribution in [2.45, 2.75) is 24.7 Å². The molecule has 0 spiro atoms. The van der Waals surface area contributed by atoms with Crippen LogP contribution in [0, 0.1) is 18.8 Å². The first-order valence-electron chi connectivity index (χ1n) is 8.51. The second-order valence-electron chi connectivity index (χ2n) is 6.81. The topological polar surface area (TPSA) is 78.5 Å². The number of sulfonamides is 1. The molecule has 2 saturated heterocycles. The van der Waals surface area contributed by atoms with Gasteiger partial charge in [0.05, 0.1) is 10.8 Å². The fraction of sp³-hybridized carbons (Fsp3) is 0.588. The Hall–Kier alpha value is -1.44. The quantitative estimate of drug-likeness (QED) is 0.820. The summed E-state index contributed by atoms with van der Waals surface area (Å²) in [7, 11) is -3.49. The maximum atomic E-state index is 12.4. The molecule has 0 aliphatic carbocycles. The first-order chi connectivity index (χ1) is 11.5. The molecule has 2 fully saturated rings. The number of nitrogens with one attached hydrogen (secondary N) is 2. The van der Waals surface area contributed by atoms with E-state index in [4.69, 9.17) is 0 Å². The summed E-state index contributed by atoms with van der Waals surface area (Å²) >= 11 is 0. The van der Waals surface area contributed by atoms with E-state index in [1.165, 1.54) is 0 Å². The SMILES string of the molecule is Cc1ccc(S(=O)(=O)NCC2CCCN(C(=O)C3CNC3)C2)cc1. The van der Waals surface area contributed by atoms with Gasteiger partial charge in [0.25, 0.3) is 0 Å². The van der Waals surface area contributed by atoms with Crippen molar-refractivity contribution < 1.29 is 13.2 Å². The summed E-state index contributed by atoms with van der Waals surface area (Å²) in [6, 6.07) is 6.83. The van der Waals surface area contributed by atoms with Gasteiger partial charge in [-0.3, -0.25) is 4.79 Å².